The Hall–Kier alpha value is -1.78. The first-order valence-corrected chi connectivity index (χ1v) is 8.05. The summed E-state index contributed by atoms with van der Waals surface area (Å²) in [5.74, 6) is 1.61. The number of aliphatic carboxylic acids is 1. The van der Waals surface area contributed by atoms with Crippen LogP contribution in [-0.2, 0) is 9.59 Å². The second-order valence-electron chi connectivity index (χ2n) is 6.28. The van der Waals surface area contributed by atoms with E-state index in [1.54, 1.807) is 0 Å². The van der Waals surface area contributed by atoms with Crippen molar-refractivity contribution >= 4 is 11.9 Å². The fourth-order valence-corrected chi connectivity index (χ4v) is 3.04. The van der Waals surface area contributed by atoms with Crippen LogP contribution < -0.4 is 0 Å². The number of hydrogen-bond donors (Lipinski definition) is 1. The van der Waals surface area contributed by atoms with Gasteiger partial charge < -0.3 is 14.4 Å². The number of nitrogens with zero attached hydrogens (tertiary/aromatic N) is 1. The van der Waals surface area contributed by atoms with Gasteiger partial charge >= 0.3 is 5.97 Å². The molecule has 122 valence electrons. The third kappa shape index (κ3) is 4.36. The van der Waals surface area contributed by atoms with Gasteiger partial charge in [-0.05, 0) is 50.7 Å². The Morgan fingerprint density at radius 3 is 2.68 bits per heavy atom. The van der Waals surface area contributed by atoms with Crippen LogP contribution >= 0.6 is 0 Å². The SMILES string of the molecule is Cc1ccc(C2CC(C)CCN2C(=O)CCCCC(=O)O)o1. The highest BCUT2D eigenvalue weighted by atomic mass is 16.4. The molecular formula is C17H25NO4. The quantitative estimate of drug-likeness (QED) is 0.816. The minimum atomic E-state index is -0.803. The summed E-state index contributed by atoms with van der Waals surface area (Å²) in [5, 5.41) is 8.64. The Labute approximate surface area is 131 Å². The molecule has 2 unspecified atom stereocenters. The van der Waals surface area contributed by atoms with Gasteiger partial charge in [0.1, 0.15) is 11.5 Å². The zero-order valence-electron chi connectivity index (χ0n) is 13.4. The molecule has 0 bridgehead atoms. The fraction of sp³-hybridized carbons (Fsp3) is 0.647. The summed E-state index contributed by atoms with van der Waals surface area (Å²) in [4.78, 5) is 24.9. The van der Waals surface area contributed by atoms with Gasteiger partial charge in [0.15, 0.2) is 0 Å². The normalized spacial score (nSPS) is 21.8. The van der Waals surface area contributed by atoms with E-state index in [4.69, 9.17) is 9.52 Å². The lowest BCUT2D eigenvalue weighted by atomic mass is 9.90. The van der Waals surface area contributed by atoms with Gasteiger partial charge in [0, 0.05) is 19.4 Å². The van der Waals surface area contributed by atoms with Crippen molar-refractivity contribution in [3.8, 4) is 0 Å². The van der Waals surface area contributed by atoms with E-state index in [2.05, 4.69) is 6.92 Å². The molecule has 5 nitrogen and oxygen atoms in total. The van der Waals surface area contributed by atoms with Gasteiger partial charge in [-0.2, -0.15) is 0 Å². The van der Waals surface area contributed by atoms with Gasteiger partial charge in [-0.3, -0.25) is 9.59 Å². The predicted molar refractivity (Wildman–Crippen MR) is 82.4 cm³/mol. The van der Waals surface area contributed by atoms with E-state index in [-0.39, 0.29) is 18.4 Å². The van der Waals surface area contributed by atoms with E-state index in [0.29, 0.717) is 25.2 Å². The molecule has 1 aromatic heterocycles. The van der Waals surface area contributed by atoms with Crippen LogP contribution in [0.15, 0.2) is 16.5 Å². The molecule has 2 heterocycles. The third-order valence-electron chi connectivity index (χ3n) is 4.31. The van der Waals surface area contributed by atoms with Gasteiger partial charge in [0.25, 0.3) is 0 Å². The van der Waals surface area contributed by atoms with E-state index < -0.39 is 5.97 Å². The zero-order valence-corrected chi connectivity index (χ0v) is 13.4. The van der Waals surface area contributed by atoms with Crippen molar-refractivity contribution in [1.82, 2.24) is 4.90 Å². The summed E-state index contributed by atoms with van der Waals surface area (Å²) in [6.07, 6.45) is 3.66. The number of likely N-dealkylation sites (tertiary alicyclic amines) is 1. The average Bonchev–Trinajstić information content (AvgIpc) is 2.89. The second kappa shape index (κ2) is 7.47. The maximum Gasteiger partial charge on any atom is 0.303 e. The van der Waals surface area contributed by atoms with Crippen LogP contribution in [0.3, 0.4) is 0 Å². The summed E-state index contributed by atoms with van der Waals surface area (Å²) in [6, 6.07) is 3.91. The molecule has 1 aliphatic heterocycles. The molecule has 1 fully saturated rings. The van der Waals surface area contributed by atoms with Crippen molar-refractivity contribution in [3.05, 3.63) is 23.7 Å². The third-order valence-corrected chi connectivity index (χ3v) is 4.31. The molecule has 2 atom stereocenters. The molecule has 0 spiro atoms. The highest BCUT2D eigenvalue weighted by molar-refractivity contribution is 5.76. The fourth-order valence-electron chi connectivity index (χ4n) is 3.04. The molecule has 0 aromatic carbocycles. The van der Waals surface area contributed by atoms with Crippen LogP contribution in [0.2, 0.25) is 0 Å². The van der Waals surface area contributed by atoms with Crippen LogP contribution in [0.1, 0.15) is 63.0 Å². The Balaban J connectivity index is 1.96. The van der Waals surface area contributed by atoms with Crippen molar-refractivity contribution in [3.63, 3.8) is 0 Å². The summed E-state index contributed by atoms with van der Waals surface area (Å²) >= 11 is 0. The molecule has 1 amide bonds. The van der Waals surface area contributed by atoms with Crippen molar-refractivity contribution < 1.29 is 19.1 Å². The number of aryl methyl sites for hydroxylation is 1. The Kier molecular flexibility index (Phi) is 5.63. The van der Waals surface area contributed by atoms with Gasteiger partial charge in [-0.15, -0.1) is 0 Å². The summed E-state index contributed by atoms with van der Waals surface area (Å²) in [6.45, 7) is 4.87. The molecule has 1 saturated heterocycles. The maximum atomic E-state index is 12.5. The standard InChI is InChI=1S/C17H25NO4/c1-12-9-10-18(16(19)5-3-4-6-17(20)21)14(11-12)15-8-7-13(2)22-15/h7-8,12,14H,3-6,9-11H2,1-2H3,(H,20,21). The maximum absolute atomic E-state index is 12.5. The molecule has 0 aliphatic carbocycles. The number of carboxylic acids is 1. The first kappa shape index (κ1) is 16.6. The minimum absolute atomic E-state index is 0.0180. The summed E-state index contributed by atoms with van der Waals surface area (Å²) in [5.41, 5.74) is 0. The number of carboxylic acid groups (broad SMARTS) is 1. The zero-order chi connectivity index (χ0) is 16.1. The van der Waals surface area contributed by atoms with Crippen molar-refractivity contribution in [2.45, 2.75) is 58.4 Å². The monoisotopic (exact) mass is 307 g/mol. The number of piperidine rings is 1. The number of carbonyl (C=O) groups excluding carboxylic acids is 1. The topological polar surface area (TPSA) is 70.8 Å². The Morgan fingerprint density at radius 2 is 2.05 bits per heavy atom. The van der Waals surface area contributed by atoms with E-state index in [1.807, 2.05) is 24.0 Å². The van der Waals surface area contributed by atoms with Gasteiger partial charge in [0.05, 0.1) is 6.04 Å². The Bertz CT molecular complexity index is 522. The van der Waals surface area contributed by atoms with Crippen LogP contribution in [0.5, 0.6) is 0 Å². The molecule has 5 heteroatoms. The van der Waals surface area contributed by atoms with Crippen LogP contribution in [0, 0.1) is 12.8 Å². The minimum Gasteiger partial charge on any atom is -0.481 e. The molecule has 0 radical (unpaired) electrons. The number of furan rings is 1. The largest absolute Gasteiger partial charge is 0.481 e. The van der Waals surface area contributed by atoms with Gasteiger partial charge in [-0.25, -0.2) is 0 Å². The van der Waals surface area contributed by atoms with Crippen LogP contribution in [0.25, 0.3) is 0 Å². The Morgan fingerprint density at radius 1 is 1.32 bits per heavy atom. The summed E-state index contributed by atoms with van der Waals surface area (Å²) < 4.78 is 5.74. The highest BCUT2D eigenvalue weighted by Crippen LogP contribution is 2.35. The summed E-state index contributed by atoms with van der Waals surface area (Å²) in [7, 11) is 0. The van der Waals surface area contributed by atoms with Crippen LogP contribution in [-0.4, -0.2) is 28.4 Å². The second-order valence-corrected chi connectivity index (χ2v) is 6.28. The first-order valence-electron chi connectivity index (χ1n) is 8.05. The van der Waals surface area contributed by atoms with Crippen molar-refractivity contribution in [2.75, 3.05) is 6.54 Å². The molecule has 2 rings (SSSR count). The highest BCUT2D eigenvalue weighted by Gasteiger charge is 2.32. The molecule has 1 aromatic rings. The lowest BCUT2D eigenvalue weighted by Gasteiger charge is -2.37. The number of unbranched alkanes of at least 4 members (excludes halogenated alkanes) is 1. The van der Waals surface area contributed by atoms with E-state index in [1.165, 1.54) is 0 Å². The lowest BCUT2D eigenvalue weighted by molar-refractivity contribution is -0.138. The predicted octanol–water partition coefficient (Wildman–Crippen LogP) is 3.53. The van der Waals surface area contributed by atoms with E-state index in [9.17, 15) is 9.59 Å². The smallest absolute Gasteiger partial charge is 0.303 e. The lowest BCUT2D eigenvalue weighted by Crippen LogP contribution is -2.40. The molecular weight excluding hydrogens is 282 g/mol. The molecule has 1 aliphatic rings. The van der Waals surface area contributed by atoms with Crippen molar-refractivity contribution in [1.29, 1.82) is 0 Å². The molecule has 1 N–H and O–H groups in total. The number of carbonyl (C=O) groups is 2. The van der Waals surface area contributed by atoms with Crippen LogP contribution in [0.4, 0.5) is 0 Å². The van der Waals surface area contributed by atoms with Gasteiger partial charge in [0.2, 0.25) is 5.91 Å². The number of hydrogen-bond acceptors (Lipinski definition) is 3. The molecule has 0 saturated carbocycles. The molecule has 22 heavy (non-hydrogen) atoms. The van der Waals surface area contributed by atoms with E-state index in [0.717, 1.165) is 30.9 Å². The van der Waals surface area contributed by atoms with E-state index >= 15 is 0 Å². The first-order chi connectivity index (χ1) is 10.5. The van der Waals surface area contributed by atoms with Gasteiger partial charge in [-0.1, -0.05) is 6.92 Å². The number of amides is 1. The average molecular weight is 307 g/mol. The number of rotatable bonds is 6. The van der Waals surface area contributed by atoms with Crippen molar-refractivity contribution in [2.24, 2.45) is 5.92 Å².